The Morgan fingerprint density at radius 3 is 0.803 bits per heavy atom. The molecule has 0 aromatic heterocycles. The van der Waals surface area contributed by atoms with Gasteiger partial charge in [0, 0.05) is 19.3 Å². The number of allylic oxidation sites excluding steroid dienone is 20. The van der Waals surface area contributed by atoms with E-state index in [1.807, 2.05) is 0 Å². The summed E-state index contributed by atoms with van der Waals surface area (Å²) in [5, 5.41) is 0. The lowest BCUT2D eigenvalue weighted by Gasteiger charge is -2.18. The van der Waals surface area contributed by atoms with Gasteiger partial charge in [-0.3, -0.25) is 14.4 Å². The highest BCUT2D eigenvalue weighted by Gasteiger charge is 2.19. The number of hydrogen-bond acceptors (Lipinski definition) is 6. The minimum absolute atomic E-state index is 0.0848. The third-order valence-corrected chi connectivity index (χ3v) is 13.2. The first-order valence-electron chi connectivity index (χ1n) is 31.5. The molecule has 0 aliphatic carbocycles. The fourth-order valence-electron chi connectivity index (χ4n) is 8.56. The number of carbonyl (C=O) groups is 3. The van der Waals surface area contributed by atoms with Crippen LogP contribution in [-0.4, -0.2) is 37.2 Å². The third-order valence-electron chi connectivity index (χ3n) is 13.2. The van der Waals surface area contributed by atoms with Crippen molar-refractivity contribution in [3.63, 3.8) is 0 Å². The van der Waals surface area contributed by atoms with E-state index < -0.39 is 6.10 Å². The monoisotopic (exact) mass is 1050 g/mol. The lowest BCUT2D eigenvalue weighted by molar-refractivity contribution is -0.167. The highest BCUT2D eigenvalue weighted by molar-refractivity contribution is 5.71. The van der Waals surface area contributed by atoms with E-state index in [0.717, 1.165) is 141 Å². The molecule has 0 aromatic rings. The summed E-state index contributed by atoms with van der Waals surface area (Å²) in [5.74, 6) is -0.904. The van der Waals surface area contributed by atoms with Crippen LogP contribution in [0, 0.1) is 0 Å². The Kier molecular flexibility index (Phi) is 59.9. The average molecular weight is 1050 g/mol. The zero-order valence-corrected chi connectivity index (χ0v) is 49.5. The van der Waals surface area contributed by atoms with E-state index in [1.54, 1.807) is 0 Å². The normalized spacial score (nSPS) is 12.9. The van der Waals surface area contributed by atoms with E-state index in [2.05, 4.69) is 142 Å². The smallest absolute Gasteiger partial charge is 0.306 e. The van der Waals surface area contributed by atoms with Gasteiger partial charge in [-0.1, -0.05) is 277 Å². The Morgan fingerprint density at radius 2 is 0.513 bits per heavy atom. The van der Waals surface area contributed by atoms with Crippen LogP contribution in [-0.2, 0) is 28.6 Å². The molecule has 0 heterocycles. The maximum atomic E-state index is 12.8. The van der Waals surface area contributed by atoms with Crippen molar-refractivity contribution in [1.82, 2.24) is 0 Å². The van der Waals surface area contributed by atoms with Crippen molar-refractivity contribution in [3.05, 3.63) is 122 Å². The maximum absolute atomic E-state index is 12.8. The highest BCUT2D eigenvalue weighted by atomic mass is 16.6. The average Bonchev–Trinajstić information content (AvgIpc) is 3.42. The second-order valence-electron chi connectivity index (χ2n) is 20.6. The molecule has 0 fully saturated rings. The van der Waals surface area contributed by atoms with E-state index in [-0.39, 0.29) is 31.1 Å². The number of carbonyl (C=O) groups excluding carboxylic acids is 3. The first kappa shape index (κ1) is 71.8. The Morgan fingerprint density at radius 1 is 0.276 bits per heavy atom. The Bertz CT molecular complexity index is 1590. The molecule has 0 aromatic carbocycles. The zero-order valence-electron chi connectivity index (χ0n) is 49.5. The van der Waals surface area contributed by atoms with Gasteiger partial charge in [0.1, 0.15) is 13.2 Å². The first-order valence-corrected chi connectivity index (χ1v) is 31.5. The van der Waals surface area contributed by atoms with Crippen LogP contribution in [0.2, 0.25) is 0 Å². The van der Waals surface area contributed by atoms with Crippen LogP contribution in [0.5, 0.6) is 0 Å². The molecule has 1 unspecified atom stereocenters. The van der Waals surface area contributed by atoms with Gasteiger partial charge in [-0.05, 0) is 109 Å². The van der Waals surface area contributed by atoms with Gasteiger partial charge in [0.2, 0.25) is 0 Å². The molecule has 0 aliphatic rings. The first-order chi connectivity index (χ1) is 37.5. The molecule has 0 amide bonds. The van der Waals surface area contributed by atoms with Gasteiger partial charge in [0.05, 0.1) is 0 Å². The maximum Gasteiger partial charge on any atom is 0.306 e. The van der Waals surface area contributed by atoms with Crippen molar-refractivity contribution in [2.75, 3.05) is 13.2 Å². The molecular formula is C70H116O6. The summed E-state index contributed by atoms with van der Waals surface area (Å²) in [6.45, 7) is 6.39. The van der Waals surface area contributed by atoms with Crippen molar-refractivity contribution in [1.29, 1.82) is 0 Å². The molecular weight excluding hydrogens is 937 g/mol. The minimum Gasteiger partial charge on any atom is -0.462 e. The Balaban J connectivity index is 4.18. The van der Waals surface area contributed by atoms with Crippen molar-refractivity contribution in [2.45, 2.75) is 290 Å². The van der Waals surface area contributed by atoms with Crippen LogP contribution in [0.1, 0.15) is 284 Å². The minimum atomic E-state index is -0.788. The van der Waals surface area contributed by atoms with Crippen molar-refractivity contribution < 1.29 is 28.6 Å². The molecule has 0 bridgehead atoms. The van der Waals surface area contributed by atoms with Gasteiger partial charge >= 0.3 is 17.9 Å². The fourth-order valence-corrected chi connectivity index (χ4v) is 8.56. The Hall–Kier alpha value is -4.19. The molecule has 1 atom stereocenters. The summed E-state index contributed by atoms with van der Waals surface area (Å²) in [5.41, 5.74) is 0. The molecule has 6 heteroatoms. The van der Waals surface area contributed by atoms with E-state index in [0.29, 0.717) is 19.3 Å². The summed E-state index contributed by atoms with van der Waals surface area (Å²) < 4.78 is 16.8. The largest absolute Gasteiger partial charge is 0.462 e. The van der Waals surface area contributed by atoms with Gasteiger partial charge in [0.15, 0.2) is 6.10 Å². The topological polar surface area (TPSA) is 78.9 Å². The summed E-state index contributed by atoms with van der Waals surface area (Å²) in [4.78, 5) is 38.1. The van der Waals surface area contributed by atoms with Crippen LogP contribution in [0.15, 0.2) is 122 Å². The van der Waals surface area contributed by atoms with Gasteiger partial charge in [-0.2, -0.15) is 0 Å². The lowest BCUT2D eigenvalue weighted by atomic mass is 10.0. The van der Waals surface area contributed by atoms with Crippen molar-refractivity contribution >= 4 is 17.9 Å². The van der Waals surface area contributed by atoms with Crippen LogP contribution in [0.25, 0.3) is 0 Å². The predicted octanol–water partition coefficient (Wildman–Crippen LogP) is 21.6. The van der Waals surface area contributed by atoms with Gasteiger partial charge < -0.3 is 14.2 Å². The molecule has 76 heavy (non-hydrogen) atoms. The summed E-state index contributed by atoms with van der Waals surface area (Å²) in [6.07, 6.45) is 87.9. The molecule has 432 valence electrons. The molecule has 0 saturated carbocycles. The number of ether oxygens (including phenoxy) is 3. The van der Waals surface area contributed by atoms with Crippen molar-refractivity contribution in [3.8, 4) is 0 Å². The van der Waals surface area contributed by atoms with Crippen LogP contribution >= 0.6 is 0 Å². The summed E-state index contributed by atoms with van der Waals surface area (Å²) in [6, 6.07) is 0. The SMILES string of the molecule is CC/C=C\C/C=C\C/C=C\C/C=C\C/C=C\C/C=C\C/C=C\CCCCCCCCCCCCCC(=O)OCC(COC(=O)CCCCCCCCCCCC)OC(=O)CCCCCCC/C=C\C/C=C\C/C=C\CC. The summed E-state index contributed by atoms with van der Waals surface area (Å²) in [7, 11) is 0. The summed E-state index contributed by atoms with van der Waals surface area (Å²) >= 11 is 0. The molecule has 0 radical (unpaired) electrons. The van der Waals surface area contributed by atoms with Gasteiger partial charge in [-0.15, -0.1) is 0 Å². The van der Waals surface area contributed by atoms with Gasteiger partial charge in [-0.25, -0.2) is 0 Å². The third kappa shape index (κ3) is 60.7. The van der Waals surface area contributed by atoms with Crippen LogP contribution in [0.4, 0.5) is 0 Å². The molecule has 0 N–H and O–H groups in total. The molecule has 6 nitrogen and oxygen atoms in total. The molecule has 0 saturated heterocycles. The Labute approximate surface area is 469 Å². The standard InChI is InChI=1S/C70H116O6/c1-4-7-10-13-16-19-22-24-26-27-28-29-30-31-32-33-34-35-36-37-38-39-40-41-42-43-45-46-48-51-54-57-60-63-69(72)75-66-67(65-74-68(71)62-59-56-53-50-21-18-15-12-9-6-3)76-70(73)64-61-58-55-52-49-47-44-25-23-20-17-14-11-8-5-2/h7-8,10-11,16-17,19-20,24-26,28-29,31-32,34-35,37-38,44,67H,4-6,9,12-15,18,21-23,27,30,33,36,39-43,45-66H2,1-3H3/b10-7-,11-8-,19-16-,20-17-,26-24-,29-28-,32-31-,35-34-,38-37-,44-25-. The van der Waals surface area contributed by atoms with Crippen molar-refractivity contribution in [2.24, 2.45) is 0 Å². The highest BCUT2D eigenvalue weighted by Crippen LogP contribution is 2.16. The predicted molar refractivity (Wildman–Crippen MR) is 330 cm³/mol. The number of hydrogen-bond donors (Lipinski definition) is 0. The zero-order chi connectivity index (χ0) is 55.0. The number of esters is 3. The molecule has 0 spiro atoms. The number of rotatable bonds is 56. The van der Waals surface area contributed by atoms with E-state index in [1.165, 1.54) is 103 Å². The quantitative estimate of drug-likeness (QED) is 0.0261. The van der Waals surface area contributed by atoms with E-state index in [9.17, 15) is 14.4 Å². The fraction of sp³-hybridized carbons (Fsp3) is 0.671. The lowest BCUT2D eigenvalue weighted by Crippen LogP contribution is -2.30. The van der Waals surface area contributed by atoms with Crippen LogP contribution < -0.4 is 0 Å². The molecule has 0 rings (SSSR count). The van der Waals surface area contributed by atoms with E-state index in [4.69, 9.17) is 14.2 Å². The van der Waals surface area contributed by atoms with Gasteiger partial charge in [0.25, 0.3) is 0 Å². The van der Waals surface area contributed by atoms with E-state index >= 15 is 0 Å². The second-order valence-corrected chi connectivity index (χ2v) is 20.6. The second kappa shape index (κ2) is 63.3. The van der Waals surface area contributed by atoms with Crippen LogP contribution in [0.3, 0.4) is 0 Å². The number of unbranched alkanes of at least 4 members (excludes halogenated alkanes) is 25. The molecule has 0 aliphatic heterocycles.